The lowest BCUT2D eigenvalue weighted by molar-refractivity contribution is 0.976. The maximum Gasteiger partial charge on any atom is 0.203 e. The third-order valence-electron chi connectivity index (χ3n) is 3.25. The molecule has 4 heterocycles. The first-order chi connectivity index (χ1) is 10.9. The number of imidazole rings is 1. The molecule has 0 bridgehead atoms. The Bertz CT molecular complexity index is 879. The van der Waals surface area contributed by atoms with Gasteiger partial charge in [-0.15, -0.1) is 10.2 Å². The molecule has 1 N–H and O–H groups in total. The van der Waals surface area contributed by atoms with Crippen LogP contribution < -0.4 is 5.32 Å². The third kappa shape index (κ3) is 2.26. The Morgan fingerprint density at radius 3 is 2.86 bits per heavy atom. The third-order valence-corrected chi connectivity index (χ3v) is 3.25. The Morgan fingerprint density at radius 1 is 1.05 bits per heavy atom. The molecule has 0 saturated heterocycles. The molecule has 22 heavy (non-hydrogen) atoms. The zero-order valence-corrected chi connectivity index (χ0v) is 11.5. The van der Waals surface area contributed by atoms with Gasteiger partial charge in [0.2, 0.25) is 5.65 Å². The summed E-state index contributed by atoms with van der Waals surface area (Å²) in [4.78, 5) is 12.7. The second-order valence-corrected chi connectivity index (χ2v) is 4.69. The van der Waals surface area contributed by atoms with Crippen LogP contribution >= 0.6 is 0 Å². The molecular formula is C14H12N8. The average Bonchev–Trinajstić information content (AvgIpc) is 3.24. The molecule has 0 saturated carbocycles. The Balaban J connectivity index is 1.51. The van der Waals surface area contributed by atoms with Crippen LogP contribution in [0, 0.1) is 0 Å². The maximum atomic E-state index is 4.42. The van der Waals surface area contributed by atoms with Gasteiger partial charge in [-0.3, -0.25) is 8.97 Å². The van der Waals surface area contributed by atoms with Gasteiger partial charge in [0, 0.05) is 37.5 Å². The van der Waals surface area contributed by atoms with E-state index < -0.39 is 0 Å². The van der Waals surface area contributed by atoms with Gasteiger partial charge in [0.05, 0.1) is 0 Å². The Labute approximate surface area is 125 Å². The van der Waals surface area contributed by atoms with Crippen LogP contribution in [0.5, 0.6) is 0 Å². The fourth-order valence-corrected chi connectivity index (χ4v) is 2.14. The average molecular weight is 292 g/mol. The van der Waals surface area contributed by atoms with Gasteiger partial charge in [-0.05, 0) is 11.6 Å². The summed E-state index contributed by atoms with van der Waals surface area (Å²) in [6, 6.07) is 3.96. The first-order valence-electron chi connectivity index (χ1n) is 6.71. The monoisotopic (exact) mass is 292 g/mol. The lowest BCUT2D eigenvalue weighted by Crippen LogP contribution is -2.04. The molecule has 0 radical (unpaired) electrons. The SMILES string of the molecule is c1cn(-c2ccc(CNc3nccn4cnnc34)cn2)cn1. The topological polar surface area (TPSA) is 85.8 Å². The molecule has 0 aliphatic carbocycles. The standard InChI is InChI=1S/C14H12N8/c1-2-12(21-5-3-15-9-21)17-7-11(1)8-18-13-14-20-19-10-22(14)6-4-16-13/h1-7,9-10H,8H2,(H,16,18). The first-order valence-corrected chi connectivity index (χ1v) is 6.71. The quantitative estimate of drug-likeness (QED) is 0.610. The minimum absolute atomic E-state index is 0.608. The summed E-state index contributed by atoms with van der Waals surface area (Å²) in [5.74, 6) is 1.53. The summed E-state index contributed by atoms with van der Waals surface area (Å²) in [6.07, 6.45) is 12.3. The predicted molar refractivity (Wildman–Crippen MR) is 79.5 cm³/mol. The minimum atomic E-state index is 0.608. The highest BCUT2D eigenvalue weighted by atomic mass is 15.2. The molecule has 0 amide bonds. The zero-order valence-electron chi connectivity index (χ0n) is 11.5. The van der Waals surface area contributed by atoms with Gasteiger partial charge in [0.1, 0.15) is 18.5 Å². The predicted octanol–water partition coefficient (Wildman–Crippen LogP) is 1.32. The van der Waals surface area contributed by atoms with Crippen LogP contribution in [0.2, 0.25) is 0 Å². The number of hydrogen-bond acceptors (Lipinski definition) is 6. The number of fused-ring (bicyclic) bond motifs is 1. The molecule has 8 nitrogen and oxygen atoms in total. The highest BCUT2D eigenvalue weighted by Crippen LogP contribution is 2.12. The highest BCUT2D eigenvalue weighted by molar-refractivity contribution is 5.61. The molecule has 0 unspecified atom stereocenters. The van der Waals surface area contributed by atoms with E-state index in [1.807, 2.05) is 39.7 Å². The largest absolute Gasteiger partial charge is 0.363 e. The van der Waals surface area contributed by atoms with Gasteiger partial charge in [-0.2, -0.15) is 0 Å². The summed E-state index contributed by atoms with van der Waals surface area (Å²) < 4.78 is 3.67. The van der Waals surface area contributed by atoms with Crippen molar-refractivity contribution >= 4 is 11.5 Å². The summed E-state index contributed by atoms with van der Waals surface area (Å²) in [6.45, 7) is 0.608. The summed E-state index contributed by atoms with van der Waals surface area (Å²) in [7, 11) is 0. The van der Waals surface area contributed by atoms with Crippen molar-refractivity contribution in [1.29, 1.82) is 0 Å². The van der Waals surface area contributed by atoms with Crippen LogP contribution in [-0.2, 0) is 6.54 Å². The van der Waals surface area contributed by atoms with E-state index in [4.69, 9.17) is 0 Å². The fraction of sp³-hybridized carbons (Fsp3) is 0.0714. The molecule has 0 aliphatic heterocycles. The molecule has 0 aliphatic rings. The van der Waals surface area contributed by atoms with Gasteiger partial charge in [-0.1, -0.05) is 6.07 Å². The van der Waals surface area contributed by atoms with E-state index in [1.165, 1.54) is 0 Å². The number of rotatable bonds is 4. The van der Waals surface area contributed by atoms with Crippen molar-refractivity contribution in [3.63, 3.8) is 0 Å². The maximum absolute atomic E-state index is 4.42. The van der Waals surface area contributed by atoms with Gasteiger partial charge in [0.15, 0.2) is 5.82 Å². The van der Waals surface area contributed by atoms with Crippen LogP contribution in [0.25, 0.3) is 11.5 Å². The fourth-order valence-electron chi connectivity index (χ4n) is 2.14. The molecule has 8 heteroatoms. The van der Waals surface area contributed by atoms with E-state index in [-0.39, 0.29) is 0 Å². The molecule has 4 aromatic heterocycles. The molecule has 0 aromatic carbocycles. The number of pyridine rings is 1. The summed E-state index contributed by atoms with van der Waals surface area (Å²) >= 11 is 0. The van der Waals surface area contributed by atoms with Gasteiger partial charge in [0.25, 0.3) is 0 Å². The van der Waals surface area contributed by atoms with Gasteiger partial charge in [-0.25, -0.2) is 15.0 Å². The van der Waals surface area contributed by atoms with E-state index in [2.05, 4.69) is 30.5 Å². The van der Waals surface area contributed by atoms with E-state index in [9.17, 15) is 0 Å². The van der Waals surface area contributed by atoms with E-state index in [0.717, 1.165) is 11.4 Å². The molecule has 4 rings (SSSR count). The Hall–Kier alpha value is -3.29. The second-order valence-electron chi connectivity index (χ2n) is 4.69. The second kappa shape index (κ2) is 5.24. The van der Waals surface area contributed by atoms with Gasteiger partial charge < -0.3 is 5.32 Å². The first kappa shape index (κ1) is 12.5. The summed E-state index contributed by atoms with van der Waals surface area (Å²) in [5.41, 5.74) is 1.75. The van der Waals surface area contributed by atoms with Crippen LogP contribution in [0.15, 0.2) is 55.8 Å². The zero-order chi connectivity index (χ0) is 14.8. The smallest absolute Gasteiger partial charge is 0.203 e. The number of aromatic nitrogens is 7. The normalized spacial score (nSPS) is 10.9. The number of hydrogen-bond donors (Lipinski definition) is 1. The van der Waals surface area contributed by atoms with Crippen molar-refractivity contribution in [2.75, 3.05) is 5.32 Å². The minimum Gasteiger partial charge on any atom is -0.363 e. The Kier molecular flexibility index (Phi) is 2.97. The van der Waals surface area contributed by atoms with Crippen molar-refractivity contribution in [1.82, 2.24) is 34.1 Å². The van der Waals surface area contributed by atoms with Crippen molar-refractivity contribution in [2.45, 2.75) is 6.54 Å². The van der Waals surface area contributed by atoms with Gasteiger partial charge >= 0.3 is 0 Å². The molecule has 4 aromatic rings. The highest BCUT2D eigenvalue weighted by Gasteiger charge is 2.04. The van der Waals surface area contributed by atoms with Crippen LogP contribution in [0.3, 0.4) is 0 Å². The molecule has 0 fully saturated rings. The van der Waals surface area contributed by atoms with Crippen molar-refractivity contribution in [2.24, 2.45) is 0 Å². The lowest BCUT2D eigenvalue weighted by atomic mass is 10.3. The molecule has 0 spiro atoms. The van der Waals surface area contributed by atoms with Crippen molar-refractivity contribution in [3.8, 4) is 5.82 Å². The lowest BCUT2D eigenvalue weighted by Gasteiger charge is -2.07. The molecule has 108 valence electrons. The van der Waals surface area contributed by atoms with Crippen LogP contribution in [-0.4, -0.2) is 34.1 Å². The number of anilines is 1. The van der Waals surface area contributed by atoms with E-state index in [1.54, 1.807) is 25.0 Å². The van der Waals surface area contributed by atoms with Crippen molar-refractivity contribution in [3.05, 3.63) is 61.3 Å². The van der Waals surface area contributed by atoms with Crippen LogP contribution in [0.4, 0.5) is 5.82 Å². The molecular weight excluding hydrogens is 280 g/mol. The van der Waals surface area contributed by atoms with Crippen LogP contribution in [0.1, 0.15) is 5.56 Å². The summed E-state index contributed by atoms with van der Waals surface area (Å²) in [5, 5.41) is 11.2. The number of nitrogens with one attached hydrogen (secondary N) is 1. The molecule has 0 atom stereocenters. The van der Waals surface area contributed by atoms with E-state index >= 15 is 0 Å². The number of nitrogens with zero attached hydrogens (tertiary/aromatic N) is 7. The van der Waals surface area contributed by atoms with Crippen molar-refractivity contribution < 1.29 is 0 Å². The van der Waals surface area contributed by atoms with E-state index in [0.29, 0.717) is 18.0 Å². The Morgan fingerprint density at radius 2 is 2.05 bits per heavy atom.